The van der Waals surface area contributed by atoms with E-state index in [4.69, 9.17) is 15.1 Å². The molecule has 0 aliphatic carbocycles. The van der Waals surface area contributed by atoms with E-state index in [2.05, 4.69) is 6.07 Å². The highest BCUT2D eigenvalue weighted by Crippen LogP contribution is 2.44. The third kappa shape index (κ3) is 1.23. The van der Waals surface area contributed by atoms with Gasteiger partial charge >= 0.3 is 6.09 Å². The summed E-state index contributed by atoms with van der Waals surface area (Å²) in [5.74, 6) is 0. The van der Waals surface area contributed by atoms with Crippen LogP contribution in [0.15, 0.2) is 0 Å². The number of likely N-dealkylation sites (tertiary alicyclic amines) is 1. The zero-order chi connectivity index (χ0) is 9.47. The van der Waals surface area contributed by atoms with E-state index in [0.717, 1.165) is 0 Å². The minimum atomic E-state index is -0.885. The molecule has 2 saturated heterocycles. The molecule has 1 amide bonds. The van der Waals surface area contributed by atoms with Gasteiger partial charge in [-0.15, -0.1) is 0 Å². The standard InChI is InChI=1S/C8H10N2O3/c9-5-6-8(13-6)1-3-10(4-2-8)7(11)12/h6H,1-4H2,(H,11,12). The van der Waals surface area contributed by atoms with Crippen molar-refractivity contribution in [3.8, 4) is 6.07 Å². The quantitative estimate of drug-likeness (QED) is 0.551. The molecule has 70 valence electrons. The molecule has 2 aliphatic heterocycles. The van der Waals surface area contributed by atoms with Gasteiger partial charge in [0.1, 0.15) is 5.60 Å². The Morgan fingerprint density at radius 1 is 1.62 bits per heavy atom. The number of epoxide rings is 1. The molecular formula is C8H10N2O3. The molecule has 0 aromatic rings. The second-order valence-electron chi connectivity index (χ2n) is 3.46. The van der Waals surface area contributed by atoms with E-state index in [1.54, 1.807) is 0 Å². The number of piperidine rings is 1. The van der Waals surface area contributed by atoms with Gasteiger partial charge in [0.2, 0.25) is 0 Å². The zero-order valence-corrected chi connectivity index (χ0v) is 7.06. The van der Waals surface area contributed by atoms with Crippen LogP contribution in [-0.4, -0.2) is 40.9 Å². The van der Waals surface area contributed by atoms with Gasteiger partial charge in [-0.05, 0) is 12.8 Å². The molecule has 0 aromatic carbocycles. The Hall–Kier alpha value is -1.28. The summed E-state index contributed by atoms with van der Waals surface area (Å²) in [5.41, 5.74) is -0.305. The van der Waals surface area contributed by atoms with E-state index >= 15 is 0 Å². The van der Waals surface area contributed by atoms with Crippen molar-refractivity contribution in [2.24, 2.45) is 0 Å². The molecule has 1 atom stereocenters. The monoisotopic (exact) mass is 182 g/mol. The lowest BCUT2D eigenvalue weighted by Gasteiger charge is -2.27. The van der Waals surface area contributed by atoms with Crippen LogP contribution < -0.4 is 0 Å². The fourth-order valence-corrected chi connectivity index (χ4v) is 1.80. The van der Waals surface area contributed by atoms with E-state index in [0.29, 0.717) is 25.9 Å². The molecule has 1 unspecified atom stereocenters. The van der Waals surface area contributed by atoms with Gasteiger partial charge in [0.05, 0.1) is 6.07 Å². The number of carboxylic acid groups (broad SMARTS) is 1. The Morgan fingerprint density at radius 3 is 2.62 bits per heavy atom. The van der Waals surface area contributed by atoms with Gasteiger partial charge in [-0.25, -0.2) is 4.79 Å². The molecule has 2 aliphatic rings. The first-order valence-electron chi connectivity index (χ1n) is 4.23. The van der Waals surface area contributed by atoms with Gasteiger partial charge in [0.25, 0.3) is 0 Å². The first kappa shape index (κ1) is 8.32. The maximum atomic E-state index is 10.6. The van der Waals surface area contributed by atoms with Gasteiger partial charge in [-0.3, -0.25) is 0 Å². The smallest absolute Gasteiger partial charge is 0.407 e. The first-order valence-corrected chi connectivity index (χ1v) is 4.23. The minimum absolute atomic E-state index is 0.302. The van der Waals surface area contributed by atoms with Gasteiger partial charge in [-0.1, -0.05) is 0 Å². The van der Waals surface area contributed by atoms with Crippen molar-refractivity contribution in [3.05, 3.63) is 0 Å². The lowest BCUT2D eigenvalue weighted by Crippen LogP contribution is -2.41. The SMILES string of the molecule is N#CC1OC12CCN(C(=O)O)CC2. The van der Waals surface area contributed by atoms with Crippen LogP contribution in [0.1, 0.15) is 12.8 Å². The van der Waals surface area contributed by atoms with E-state index in [-0.39, 0.29) is 11.7 Å². The molecule has 0 bridgehead atoms. The molecule has 0 aromatic heterocycles. The minimum Gasteiger partial charge on any atom is -0.465 e. The summed E-state index contributed by atoms with van der Waals surface area (Å²) in [5, 5.41) is 17.3. The van der Waals surface area contributed by atoms with Crippen molar-refractivity contribution in [2.45, 2.75) is 24.5 Å². The van der Waals surface area contributed by atoms with Crippen molar-refractivity contribution in [3.63, 3.8) is 0 Å². The number of rotatable bonds is 0. The van der Waals surface area contributed by atoms with Crippen LogP contribution in [0.2, 0.25) is 0 Å². The molecule has 0 radical (unpaired) electrons. The number of nitrogens with zero attached hydrogens (tertiary/aromatic N) is 2. The highest BCUT2D eigenvalue weighted by atomic mass is 16.6. The molecule has 5 nitrogen and oxygen atoms in total. The van der Waals surface area contributed by atoms with Crippen LogP contribution in [0.4, 0.5) is 4.79 Å². The number of carbonyl (C=O) groups is 1. The van der Waals surface area contributed by atoms with Crippen molar-refractivity contribution in [2.75, 3.05) is 13.1 Å². The highest BCUT2D eigenvalue weighted by molar-refractivity contribution is 5.65. The Kier molecular flexibility index (Phi) is 1.67. The average molecular weight is 182 g/mol. The van der Waals surface area contributed by atoms with Crippen molar-refractivity contribution < 1.29 is 14.6 Å². The number of hydrogen-bond donors (Lipinski definition) is 1. The maximum Gasteiger partial charge on any atom is 0.407 e. The van der Waals surface area contributed by atoms with E-state index < -0.39 is 6.09 Å². The highest BCUT2D eigenvalue weighted by Gasteiger charge is 2.58. The molecule has 2 fully saturated rings. The summed E-state index contributed by atoms with van der Waals surface area (Å²) in [4.78, 5) is 11.9. The molecule has 2 heterocycles. The van der Waals surface area contributed by atoms with Crippen molar-refractivity contribution in [1.82, 2.24) is 4.90 Å². The van der Waals surface area contributed by atoms with E-state index in [9.17, 15) is 4.79 Å². The normalized spacial score (nSPS) is 29.8. The molecule has 0 saturated carbocycles. The second-order valence-corrected chi connectivity index (χ2v) is 3.46. The van der Waals surface area contributed by atoms with Crippen LogP contribution in [0.25, 0.3) is 0 Å². The van der Waals surface area contributed by atoms with Crippen LogP contribution in [0.5, 0.6) is 0 Å². The van der Waals surface area contributed by atoms with E-state index in [1.165, 1.54) is 4.90 Å². The zero-order valence-electron chi connectivity index (χ0n) is 7.06. The maximum absolute atomic E-state index is 10.6. The predicted octanol–water partition coefficient (Wildman–Crippen LogP) is 0.421. The molecular weight excluding hydrogens is 172 g/mol. The van der Waals surface area contributed by atoms with Gasteiger partial charge < -0.3 is 14.7 Å². The summed E-state index contributed by atoms with van der Waals surface area (Å²) in [6.45, 7) is 0.959. The third-order valence-corrected chi connectivity index (χ3v) is 2.77. The third-order valence-electron chi connectivity index (χ3n) is 2.77. The van der Waals surface area contributed by atoms with E-state index in [1.807, 2.05) is 0 Å². The number of amides is 1. The van der Waals surface area contributed by atoms with Crippen LogP contribution in [-0.2, 0) is 4.74 Å². The summed E-state index contributed by atoms with van der Waals surface area (Å²) in [7, 11) is 0. The first-order chi connectivity index (χ1) is 6.18. The topological polar surface area (TPSA) is 76.9 Å². The van der Waals surface area contributed by atoms with Gasteiger partial charge in [0.15, 0.2) is 6.10 Å². The average Bonchev–Trinajstić information content (AvgIpc) is 2.80. The van der Waals surface area contributed by atoms with Crippen LogP contribution in [0.3, 0.4) is 0 Å². The van der Waals surface area contributed by atoms with Gasteiger partial charge in [0, 0.05) is 13.1 Å². The number of ether oxygens (including phenoxy) is 1. The Bertz CT molecular complexity index is 276. The fraction of sp³-hybridized carbons (Fsp3) is 0.750. The number of hydrogen-bond acceptors (Lipinski definition) is 3. The molecule has 2 rings (SSSR count). The van der Waals surface area contributed by atoms with Crippen molar-refractivity contribution >= 4 is 6.09 Å². The van der Waals surface area contributed by atoms with Crippen LogP contribution in [0, 0.1) is 11.3 Å². The molecule has 1 N–H and O–H groups in total. The summed E-state index contributed by atoms with van der Waals surface area (Å²) >= 11 is 0. The summed E-state index contributed by atoms with van der Waals surface area (Å²) < 4.78 is 5.24. The molecule has 1 spiro atoms. The second kappa shape index (κ2) is 2.60. The molecule has 5 heteroatoms. The van der Waals surface area contributed by atoms with Crippen LogP contribution >= 0.6 is 0 Å². The van der Waals surface area contributed by atoms with Gasteiger partial charge in [-0.2, -0.15) is 5.26 Å². The summed E-state index contributed by atoms with van der Waals surface area (Å²) in [6.07, 6.45) is 0.113. The lowest BCUT2D eigenvalue weighted by atomic mass is 9.94. The lowest BCUT2D eigenvalue weighted by molar-refractivity contribution is 0.113. The Morgan fingerprint density at radius 2 is 2.23 bits per heavy atom. The Balaban J connectivity index is 1.92. The Labute approximate surface area is 75.5 Å². The largest absolute Gasteiger partial charge is 0.465 e. The molecule has 13 heavy (non-hydrogen) atoms. The number of nitriles is 1. The predicted molar refractivity (Wildman–Crippen MR) is 42.0 cm³/mol. The fourth-order valence-electron chi connectivity index (χ4n) is 1.80. The summed E-state index contributed by atoms with van der Waals surface area (Å²) in [6, 6.07) is 2.06. The van der Waals surface area contributed by atoms with Crippen molar-refractivity contribution in [1.29, 1.82) is 5.26 Å².